The number of rotatable bonds is 9. The van der Waals surface area contributed by atoms with E-state index in [0.717, 1.165) is 61.1 Å². The lowest BCUT2D eigenvalue weighted by Crippen LogP contribution is -2.20. The molecule has 6 nitrogen and oxygen atoms in total. The van der Waals surface area contributed by atoms with Crippen LogP contribution in [0, 0.1) is 5.92 Å². The van der Waals surface area contributed by atoms with Gasteiger partial charge in [-0.2, -0.15) is 13.2 Å². The van der Waals surface area contributed by atoms with Crippen molar-refractivity contribution >= 4 is 45.5 Å². The van der Waals surface area contributed by atoms with Crippen molar-refractivity contribution in [1.29, 1.82) is 0 Å². The van der Waals surface area contributed by atoms with Crippen molar-refractivity contribution in [1.82, 2.24) is 4.98 Å². The van der Waals surface area contributed by atoms with Gasteiger partial charge in [-0.25, -0.2) is 9.00 Å². The van der Waals surface area contributed by atoms with Crippen molar-refractivity contribution in [2.24, 2.45) is 5.92 Å². The number of alkyl halides is 3. The number of carbonyl (C=O) groups excluding carboxylic acids is 1. The minimum Gasteiger partial charge on any atom is -0.478 e. The van der Waals surface area contributed by atoms with E-state index in [1.807, 2.05) is 12.1 Å². The zero-order valence-electron chi connectivity index (χ0n) is 21.3. The Hall–Kier alpha value is -4.02. The van der Waals surface area contributed by atoms with Crippen LogP contribution in [-0.2, 0) is 17.0 Å². The van der Waals surface area contributed by atoms with E-state index in [-0.39, 0.29) is 16.2 Å². The lowest BCUT2D eigenvalue weighted by atomic mass is 10.0. The highest BCUT2D eigenvalue weighted by atomic mass is 35.5. The lowest BCUT2D eigenvalue weighted by Gasteiger charge is -2.25. The molecule has 11 heteroatoms. The molecule has 1 aromatic heterocycles. The molecule has 41 heavy (non-hydrogen) atoms. The van der Waals surface area contributed by atoms with Crippen LogP contribution in [0.25, 0.3) is 0 Å². The summed E-state index contributed by atoms with van der Waals surface area (Å²) in [7, 11) is -2.47. The summed E-state index contributed by atoms with van der Waals surface area (Å²) < 4.78 is 53.6. The Kier molecular flexibility index (Phi) is 7.97. The second-order valence-corrected chi connectivity index (χ2v) is 11.4. The van der Waals surface area contributed by atoms with Crippen molar-refractivity contribution in [3.8, 4) is 0 Å². The first kappa shape index (κ1) is 28.5. The number of hydrogen-bond acceptors (Lipinski definition) is 5. The average molecular weight is 599 g/mol. The first-order chi connectivity index (χ1) is 19.5. The molecule has 1 N–H and O–H groups in total. The predicted octanol–water partition coefficient (Wildman–Crippen LogP) is 7.40. The van der Waals surface area contributed by atoms with Gasteiger partial charge in [0.15, 0.2) is 0 Å². The van der Waals surface area contributed by atoms with Gasteiger partial charge in [0.1, 0.15) is 5.69 Å². The molecule has 1 fully saturated rings. The molecule has 1 unspecified atom stereocenters. The quantitative estimate of drug-likeness (QED) is 0.202. The van der Waals surface area contributed by atoms with Crippen LogP contribution in [0.2, 0.25) is 5.02 Å². The van der Waals surface area contributed by atoms with Gasteiger partial charge in [0.05, 0.1) is 43.6 Å². The second kappa shape index (κ2) is 11.5. The minimum absolute atomic E-state index is 0.0452. The van der Waals surface area contributed by atoms with Gasteiger partial charge in [-0.05, 0) is 85.5 Å². The normalized spacial score (nSPS) is 14.0. The Balaban J connectivity index is 1.43. The lowest BCUT2D eigenvalue weighted by molar-refractivity contribution is -0.139. The van der Waals surface area contributed by atoms with E-state index >= 15 is 0 Å². The molecule has 1 atom stereocenters. The standard InChI is InChI=1S/C30H22ClF3N2O4S/c31-20-8-10-21(11-9-20)36(17-18-5-6-18)22-12-13-25(35-16-22)28(37)19-7-14-26(23(15-19)29(38)39)41(40)27-4-2-1-3-24(27)30(32,33)34/h1-4,7-16,18H,5-6,17H2,(H,38,39). The SMILES string of the molecule is O=C(c1ccc(S(=O)c2ccccc2C(F)(F)F)c(C(=O)O)c1)c1ccc(N(CC2CC2)c2ccc(Cl)cc2)cn1. The van der Waals surface area contributed by atoms with E-state index in [1.54, 1.807) is 24.4 Å². The highest BCUT2D eigenvalue weighted by Gasteiger charge is 2.35. The summed E-state index contributed by atoms with van der Waals surface area (Å²) in [5, 5.41) is 10.4. The molecule has 3 aromatic carbocycles. The summed E-state index contributed by atoms with van der Waals surface area (Å²) >= 11 is 6.04. The maximum atomic E-state index is 13.5. The van der Waals surface area contributed by atoms with Crippen LogP contribution in [0.4, 0.5) is 24.5 Å². The number of hydrogen-bond donors (Lipinski definition) is 1. The molecule has 0 saturated heterocycles. The van der Waals surface area contributed by atoms with E-state index in [9.17, 15) is 32.1 Å². The number of carbonyl (C=O) groups is 2. The van der Waals surface area contributed by atoms with Crippen LogP contribution < -0.4 is 4.90 Å². The molecule has 210 valence electrons. The zero-order valence-corrected chi connectivity index (χ0v) is 22.8. The number of aromatic carboxylic acids is 1. The number of benzene rings is 3. The number of halogens is 4. The fourth-order valence-electron chi connectivity index (χ4n) is 4.35. The van der Waals surface area contributed by atoms with E-state index in [0.29, 0.717) is 10.9 Å². The summed E-state index contributed by atoms with van der Waals surface area (Å²) in [4.78, 5) is 30.7. The number of pyridine rings is 1. The highest BCUT2D eigenvalue weighted by molar-refractivity contribution is 7.85. The molecule has 1 heterocycles. The maximum absolute atomic E-state index is 13.5. The number of anilines is 2. The van der Waals surface area contributed by atoms with E-state index in [2.05, 4.69) is 9.88 Å². The van der Waals surface area contributed by atoms with Gasteiger partial charge >= 0.3 is 12.1 Å². The van der Waals surface area contributed by atoms with E-state index in [1.165, 1.54) is 18.2 Å². The molecule has 5 rings (SSSR count). The van der Waals surface area contributed by atoms with Crippen LogP contribution in [0.1, 0.15) is 44.8 Å². The topological polar surface area (TPSA) is 87.6 Å². The summed E-state index contributed by atoms with van der Waals surface area (Å²) in [5.41, 5.74) is -0.00138. The Morgan fingerprint density at radius 3 is 2.24 bits per heavy atom. The van der Waals surface area contributed by atoms with Crippen LogP contribution in [0.15, 0.2) is 94.9 Å². The van der Waals surface area contributed by atoms with Gasteiger partial charge < -0.3 is 10.0 Å². The summed E-state index contributed by atoms with van der Waals surface area (Å²) in [6, 6.07) is 18.3. The third-order valence-electron chi connectivity index (χ3n) is 6.63. The third-order valence-corrected chi connectivity index (χ3v) is 8.40. The summed E-state index contributed by atoms with van der Waals surface area (Å²) in [6.07, 6.45) is -0.976. The number of carboxylic acids is 1. The Morgan fingerprint density at radius 2 is 1.63 bits per heavy atom. The van der Waals surface area contributed by atoms with Gasteiger partial charge in [-0.3, -0.25) is 9.78 Å². The van der Waals surface area contributed by atoms with Gasteiger partial charge in [0, 0.05) is 22.8 Å². The van der Waals surface area contributed by atoms with Crippen LogP contribution in [0.5, 0.6) is 0 Å². The van der Waals surface area contributed by atoms with Crippen LogP contribution in [0.3, 0.4) is 0 Å². The molecule has 0 aliphatic heterocycles. The molecule has 0 amide bonds. The van der Waals surface area contributed by atoms with Crippen molar-refractivity contribution in [3.63, 3.8) is 0 Å². The van der Waals surface area contributed by atoms with E-state index in [4.69, 9.17) is 11.6 Å². The molecule has 0 radical (unpaired) electrons. The van der Waals surface area contributed by atoms with Crippen molar-refractivity contribution in [2.45, 2.75) is 28.8 Å². The summed E-state index contributed by atoms with van der Waals surface area (Å²) in [6.45, 7) is 0.772. The Bertz CT molecular complexity index is 1640. The largest absolute Gasteiger partial charge is 0.478 e. The molecule has 1 aliphatic rings. The number of nitrogens with zero attached hydrogens (tertiary/aromatic N) is 2. The zero-order chi connectivity index (χ0) is 29.3. The maximum Gasteiger partial charge on any atom is 0.417 e. The minimum atomic E-state index is -4.79. The Labute approximate surface area is 240 Å². The van der Waals surface area contributed by atoms with Crippen LogP contribution in [-0.4, -0.2) is 32.6 Å². The van der Waals surface area contributed by atoms with E-state index < -0.39 is 44.8 Å². The van der Waals surface area contributed by atoms with Crippen molar-refractivity contribution in [3.05, 3.63) is 112 Å². The van der Waals surface area contributed by atoms with Gasteiger partial charge in [0.25, 0.3) is 0 Å². The monoisotopic (exact) mass is 598 g/mol. The summed E-state index contributed by atoms with van der Waals surface area (Å²) in [5.74, 6) is -1.57. The molecule has 1 aliphatic carbocycles. The fraction of sp³-hybridized carbons (Fsp3) is 0.167. The number of carboxylic acid groups (broad SMARTS) is 1. The van der Waals surface area contributed by atoms with Crippen LogP contribution >= 0.6 is 11.6 Å². The molecular weight excluding hydrogens is 577 g/mol. The first-order valence-electron chi connectivity index (χ1n) is 12.5. The number of ketones is 1. The molecule has 0 spiro atoms. The molecule has 0 bridgehead atoms. The molecule has 1 saturated carbocycles. The Morgan fingerprint density at radius 1 is 0.951 bits per heavy atom. The highest BCUT2D eigenvalue weighted by Crippen LogP contribution is 2.37. The second-order valence-electron chi connectivity index (χ2n) is 9.54. The van der Waals surface area contributed by atoms with Gasteiger partial charge in [-0.15, -0.1) is 0 Å². The first-order valence-corrected chi connectivity index (χ1v) is 14.0. The fourth-order valence-corrected chi connectivity index (χ4v) is 5.83. The third kappa shape index (κ3) is 6.34. The van der Waals surface area contributed by atoms with Crippen molar-refractivity contribution < 1.29 is 32.1 Å². The smallest absolute Gasteiger partial charge is 0.417 e. The number of aromatic nitrogens is 1. The average Bonchev–Trinajstić information content (AvgIpc) is 3.79. The van der Waals surface area contributed by atoms with Gasteiger partial charge in [0.2, 0.25) is 5.78 Å². The van der Waals surface area contributed by atoms with Crippen molar-refractivity contribution in [2.75, 3.05) is 11.4 Å². The van der Waals surface area contributed by atoms with Gasteiger partial charge in [-0.1, -0.05) is 23.7 Å². The molecule has 4 aromatic rings. The predicted molar refractivity (Wildman–Crippen MR) is 148 cm³/mol. The molecular formula is C30H22ClF3N2O4S.